The van der Waals surface area contributed by atoms with Crippen LogP contribution in [0.15, 0.2) is 23.9 Å². The first-order chi connectivity index (χ1) is 6.77. The average molecular weight is 194 g/mol. The summed E-state index contributed by atoms with van der Waals surface area (Å²) >= 11 is 0. The number of hydrogen-bond acceptors (Lipinski definition) is 3. The van der Waals surface area contributed by atoms with Gasteiger partial charge in [0.15, 0.2) is 0 Å². The van der Waals surface area contributed by atoms with Gasteiger partial charge in [0.05, 0.1) is 0 Å². The van der Waals surface area contributed by atoms with Crippen molar-refractivity contribution in [3.8, 4) is 0 Å². The Morgan fingerprint density at radius 2 is 2.36 bits per heavy atom. The van der Waals surface area contributed by atoms with Gasteiger partial charge in [0.25, 0.3) is 0 Å². The molecule has 1 atom stereocenters. The summed E-state index contributed by atoms with van der Waals surface area (Å²) in [6.45, 7) is 2.17. The molecule has 1 saturated heterocycles. The maximum atomic E-state index is 10.5. The molecule has 78 valence electrons. The molecule has 1 N–H and O–H groups in total. The highest BCUT2D eigenvalue weighted by molar-refractivity contribution is 5.67. The average Bonchev–Trinajstić information content (AvgIpc) is 2.59. The van der Waals surface area contributed by atoms with Crippen LogP contribution in [-0.2, 0) is 4.79 Å². The van der Waals surface area contributed by atoms with Crippen molar-refractivity contribution in [1.82, 2.24) is 10.2 Å². The molecule has 1 aliphatic rings. The number of carbonyl (C=O) groups excluding carboxylic acids is 1. The van der Waals surface area contributed by atoms with E-state index in [-0.39, 0.29) is 0 Å². The molecule has 0 aromatic rings. The summed E-state index contributed by atoms with van der Waals surface area (Å²) in [5.74, 6) is 0.509. The number of rotatable bonds is 4. The molecule has 0 aromatic heterocycles. The van der Waals surface area contributed by atoms with E-state index in [0.29, 0.717) is 5.92 Å². The predicted molar refractivity (Wildman–Crippen MR) is 58.0 cm³/mol. The van der Waals surface area contributed by atoms with Gasteiger partial charge in [-0.2, -0.15) is 0 Å². The van der Waals surface area contributed by atoms with Crippen LogP contribution < -0.4 is 5.32 Å². The van der Waals surface area contributed by atoms with Crippen molar-refractivity contribution in [2.45, 2.75) is 6.42 Å². The highest BCUT2D eigenvalue weighted by atomic mass is 16.1. The third-order valence-corrected chi connectivity index (χ3v) is 2.57. The molecular formula is C11H18N2O. The SMILES string of the molecule is CNC=C/C(=C\C=O)C1CCN(C)C1. The molecule has 0 saturated carbocycles. The molecule has 1 unspecified atom stereocenters. The summed E-state index contributed by atoms with van der Waals surface area (Å²) in [5, 5.41) is 2.94. The minimum atomic E-state index is 0.509. The lowest BCUT2D eigenvalue weighted by molar-refractivity contribution is -0.104. The highest BCUT2D eigenvalue weighted by Gasteiger charge is 2.21. The molecule has 1 aliphatic heterocycles. The zero-order valence-electron chi connectivity index (χ0n) is 8.86. The predicted octanol–water partition coefficient (Wildman–Crippen LogP) is 0.796. The molecule has 0 aromatic carbocycles. The van der Waals surface area contributed by atoms with E-state index in [4.69, 9.17) is 0 Å². The van der Waals surface area contributed by atoms with Gasteiger partial charge in [0.2, 0.25) is 0 Å². The van der Waals surface area contributed by atoms with Crippen LogP contribution in [0.5, 0.6) is 0 Å². The fourth-order valence-electron chi connectivity index (χ4n) is 1.79. The molecule has 3 heteroatoms. The normalized spacial score (nSPS) is 24.4. The standard InChI is InChI=1S/C11H18N2O/c1-12-6-3-10(5-8-14)11-4-7-13(2)9-11/h3,5-6,8,11-12H,4,7,9H2,1-2H3/b6-3?,10-5+. The van der Waals surface area contributed by atoms with Crippen LogP contribution in [-0.4, -0.2) is 38.4 Å². The van der Waals surface area contributed by atoms with E-state index < -0.39 is 0 Å². The number of aldehydes is 1. The molecule has 1 rings (SSSR count). The van der Waals surface area contributed by atoms with Crippen molar-refractivity contribution in [3.63, 3.8) is 0 Å². The van der Waals surface area contributed by atoms with Gasteiger partial charge >= 0.3 is 0 Å². The van der Waals surface area contributed by atoms with Crippen molar-refractivity contribution in [2.75, 3.05) is 27.2 Å². The second-order valence-electron chi connectivity index (χ2n) is 3.67. The zero-order valence-corrected chi connectivity index (χ0v) is 8.86. The molecular weight excluding hydrogens is 176 g/mol. The molecule has 0 spiro atoms. The summed E-state index contributed by atoms with van der Waals surface area (Å²) in [6.07, 6.45) is 7.53. The first kappa shape index (κ1) is 11.0. The van der Waals surface area contributed by atoms with Gasteiger partial charge in [-0.3, -0.25) is 4.79 Å². The summed E-state index contributed by atoms with van der Waals surface area (Å²) in [5.41, 5.74) is 1.12. The number of carbonyl (C=O) groups is 1. The van der Waals surface area contributed by atoms with E-state index >= 15 is 0 Å². The second-order valence-corrected chi connectivity index (χ2v) is 3.67. The lowest BCUT2D eigenvalue weighted by Gasteiger charge is -2.10. The Morgan fingerprint density at radius 1 is 1.57 bits per heavy atom. The van der Waals surface area contributed by atoms with Gasteiger partial charge in [-0.05, 0) is 49.9 Å². The first-order valence-corrected chi connectivity index (χ1v) is 4.95. The number of allylic oxidation sites excluding steroid dienone is 2. The van der Waals surface area contributed by atoms with Gasteiger partial charge in [-0.25, -0.2) is 0 Å². The molecule has 1 fully saturated rings. The second kappa shape index (κ2) is 5.60. The van der Waals surface area contributed by atoms with Crippen molar-refractivity contribution in [2.24, 2.45) is 5.92 Å². The van der Waals surface area contributed by atoms with Crippen LogP contribution in [0.2, 0.25) is 0 Å². The van der Waals surface area contributed by atoms with Gasteiger partial charge < -0.3 is 10.2 Å². The number of hydrogen-bond donors (Lipinski definition) is 1. The van der Waals surface area contributed by atoms with Crippen LogP contribution in [0.3, 0.4) is 0 Å². The van der Waals surface area contributed by atoms with E-state index in [0.717, 1.165) is 31.4 Å². The fourth-order valence-corrected chi connectivity index (χ4v) is 1.79. The molecule has 0 bridgehead atoms. The van der Waals surface area contributed by atoms with E-state index in [1.165, 1.54) is 0 Å². The van der Waals surface area contributed by atoms with E-state index in [1.54, 1.807) is 6.08 Å². The summed E-state index contributed by atoms with van der Waals surface area (Å²) < 4.78 is 0. The van der Waals surface area contributed by atoms with Gasteiger partial charge in [-0.1, -0.05) is 0 Å². The summed E-state index contributed by atoms with van der Waals surface area (Å²) in [7, 11) is 3.97. The van der Waals surface area contributed by atoms with Crippen LogP contribution in [0, 0.1) is 5.92 Å². The molecule has 1 heterocycles. The number of nitrogens with zero attached hydrogens (tertiary/aromatic N) is 1. The Hall–Kier alpha value is -1.09. The van der Waals surface area contributed by atoms with Crippen LogP contribution >= 0.6 is 0 Å². The maximum absolute atomic E-state index is 10.5. The lowest BCUT2D eigenvalue weighted by Crippen LogP contribution is -2.14. The zero-order chi connectivity index (χ0) is 10.4. The topological polar surface area (TPSA) is 32.3 Å². The van der Waals surface area contributed by atoms with E-state index in [1.807, 2.05) is 19.3 Å². The van der Waals surface area contributed by atoms with Crippen molar-refractivity contribution >= 4 is 6.29 Å². The smallest absolute Gasteiger partial charge is 0.143 e. The van der Waals surface area contributed by atoms with Gasteiger partial charge in [0, 0.05) is 13.6 Å². The van der Waals surface area contributed by atoms with Crippen LogP contribution in [0.25, 0.3) is 0 Å². The quantitative estimate of drug-likeness (QED) is 0.408. The molecule has 3 nitrogen and oxygen atoms in total. The maximum Gasteiger partial charge on any atom is 0.143 e. The first-order valence-electron chi connectivity index (χ1n) is 4.95. The van der Waals surface area contributed by atoms with Crippen molar-refractivity contribution in [3.05, 3.63) is 23.9 Å². The minimum absolute atomic E-state index is 0.509. The highest BCUT2D eigenvalue weighted by Crippen LogP contribution is 2.23. The van der Waals surface area contributed by atoms with E-state index in [9.17, 15) is 4.79 Å². The Bertz CT molecular complexity index is 246. The van der Waals surface area contributed by atoms with Gasteiger partial charge in [-0.15, -0.1) is 0 Å². The van der Waals surface area contributed by atoms with Crippen molar-refractivity contribution < 1.29 is 4.79 Å². The van der Waals surface area contributed by atoms with Gasteiger partial charge in [0.1, 0.15) is 6.29 Å². The molecule has 14 heavy (non-hydrogen) atoms. The monoisotopic (exact) mass is 194 g/mol. The summed E-state index contributed by atoms with van der Waals surface area (Å²) in [4.78, 5) is 12.8. The van der Waals surface area contributed by atoms with Crippen molar-refractivity contribution in [1.29, 1.82) is 0 Å². The molecule has 0 radical (unpaired) electrons. The summed E-state index contributed by atoms with van der Waals surface area (Å²) in [6, 6.07) is 0. The third-order valence-electron chi connectivity index (χ3n) is 2.57. The molecule has 0 amide bonds. The Morgan fingerprint density at radius 3 is 2.86 bits per heavy atom. The Kier molecular flexibility index (Phi) is 4.40. The fraction of sp³-hybridized carbons (Fsp3) is 0.545. The van der Waals surface area contributed by atoms with Crippen LogP contribution in [0.4, 0.5) is 0 Å². The Labute approximate surface area is 85.5 Å². The number of likely N-dealkylation sites (tertiary alicyclic amines) is 1. The third kappa shape index (κ3) is 3.00. The largest absolute Gasteiger partial charge is 0.394 e. The number of nitrogens with one attached hydrogen (secondary N) is 1. The molecule has 0 aliphatic carbocycles. The van der Waals surface area contributed by atoms with Crippen LogP contribution in [0.1, 0.15) is 6.42 Å². The lowest BCUT2D eigenvalue weighted by atomic mass is 9.98. The van der Waals surface area contributed by atoms with E-state index in [2.05, 4.69) is 17.3 Å². The minimum Gasteiger partial charge on any atom is -0.394 e. The Balaban J connectivity index is 2.63.